The standard InChI is InChI=1S/C8H12O3/c9-4-2-5-10-7-8-3-1-6-11-8/h1,3,6,9H,2,4-5,7H2. The van der Waals surface area contributed by atoms with Crippen molar-refractivity contribution in [1.29, 1.82) is 0 Å². The minimum atomic E-state index is 0.179. The largest absolute Gasteiger partial charge is 0.467 e. The summed E-state index contributed by atoms with van der Waals surface area (Å²) < 4.78 is 10.2. The molecular weight excluding hydrogens is 144 g/mol. The number of hydrogen-bond acceptors (Lipinski definition) is 3. The van der Waals surface area contributed by atoms with E-state index in [1.807, 2.05) is 12.1 Å². The van der Waals surface area contributed by atoms with E-state index in [9.17, 15) is 0 Å². The SMILES string of the molecule is OCCCOCc1ccco1. The predicted octanol–water partition coefficient (Wildman–Crippen LogP) is 1.18. The van der Waals surface area contributed by atoms with Gasteiger partial charge >= 0.3 is 0 Å². The molecule has 0 fully saturated rings. The highest BCUT2D eigenvalue weighted by Crippen LogP contribution is 2.01. The Hall–Kier alpha value is -0.800. The van der Waals surface area contributed by atoms with E-state index in [2.05, 4.69) is 0 Å². The van der Waals surface area contributed by atoms with Gasteiger partial charge in [-0.3, -0.25) is 0 Å². The maximum absolute atomic E-state index is 8.42. The zero-order valence-electron chi connectivity index (χ0n) is 6.32. The average molecular weight is 156 g/mol. The molecule has 0 spiro atoms. The molecule has 0 aliphatic rings. The zero-order valence-corrected chi connectivity index (χ0v) is 6.32. The average Bonchev–Trinajstić information content (AvgIpc) is 2.50. The fraction of sp³-hybridized carbons (Fsp3) is 0.500. The maximum atomic E-state index is 8.42. The summed E-state index contributed by atoms with van der Waals surface area (Å²) >= 11 is 0. The number of furan rings is 1. The lowest BCUT2D eigenvalue weighted by Gasteiger charge is -1.98. The van der Waals surface area contributed by atoms with Gasteiger partial charge in [-0.05, 0) is 18.6 Å². The van der Waals surface area contributed by atoms with Crippen LogP contribution in [0.15, 0.2) is 22.8 Å². The first-order valence-corrected chi connectivity index (χ1v) is 3.64. The molecule has 11 heavy (non-hydrogen) atoms. The van der Waals surface area contributed by atoms with Crippen molar-refractivity contribution < 1.29 is 14.3 Å². The lowest BCUT2D eigenvalue weighted by atomic mass is 10.4. The molecule has 3 nitrogen and oxygen atoms in total. The Balaban J connectivity index is 2.04. The fourth-order valence-electron chi connectivity index (χ4n) is 0.734. The highest BCUT2D eigenvalue weighted by molar-refractivity contribution is 4.95. The molecule has 1 aromatic rings. The van der Waals surface area contributed by atoms with E-state index < -0.39 is 0 Å². The second-order valence-electron chi connectivity index (χ2n) is 2.21. The Morgan fingerprint density at radius 2 is 2.45 bits per heavy atom. The van der Waals surface area contributed by atoms with Gasteiger partial charge in [0.05, 0.1) is 6.26 Å². The normalized spacial score (nSPS) is 10.3. The van der Waals surface area contributed by atoms with Crippen LogP contribution in [0.4, 0.5) is 0 Å². The Morgan fingerprint density at radius 1 is 1.55 bits per heavy atom. The summed E-state index contributed by atoms with van der Waals surface area (Å²) in [5.41, 5.74) is 0. The van der Waals surface area contributed by atoms with Crippen molar-refractivity contribution in [3.63, 3.8) is 0 Å². The number of hydrogen-bond donors (Lipinski definition) is 1. The van der Waals surface area contributed by atoms with Crippen LogP contribution in [0.2, 0.25) is 0 Å². The van der Waals surface area contributed by atoms with Crippen LogP contribution in [0, 0.1) is 0 Å². The first-order valence-electron chi connectivity index (χ1n) is 3.64. The van der Waals surface area contributed by atoms with Gasteiger partial charge in [0.15, 0.2) is 0 Å². The lowest BCUT2D eigenvalue weighted by Crippen LogP contribution is -1.96. The van der Waals surface area contributed by atoms with Crippen LogP contribution in [-0.2, 0) is 11.3 Å². The molecule has 0 unspecified atom stereocenters. The number of rotatable bonds is 5. The Labute approximate surface area is 65.6 Å². The number of ether oxygens (including phenoxy) is 1. The number of aliphatic hydroxyl groups excluding tert-OH is 1. The third kappa shape index (κ3) is 3.20. The fourth-order valence-corrected chi connectivity index (χ4v) is 0.734. The van der Waals surface area contributed by atoms with E-state index in [0.717, 1.165) is 5.76 Å². The Bertz CT molecular complexity index is 169. The molecule has 0 amide bonds. The lowest BCUT2D eigenvalue weighted by molar-refractivity contribution is 0.0918. The second kappa shape index (κ2) is 4.93. The molecule has 1 rings (SSSR count). The first-order chi connectivity index (χ1) is 5.43. The molecule has 0 aliphatic heterocycles. The smallest absolute Gasteiger partial charge is 0.129 e. The van der Waals surface area contributed by atoms with Crippen molar-refractivity contribution in [3.05, 3.63) is 24.2 Å². The Kier molecular flexibility index (Phi) is 3.72. The molecule has 1 heterocycles. The van der Waals surface area contributed by atoms with Crippen molar-refractivity contribution in [2.45, 2.75) is 13.0 Å². The van der Waals surface area contributed by atoms with Gasteiger partial charge in [0.2, 0.25) is 0 Å². The van der Waals surface area contributed by atoms with Gasteiger partial charge in [0.1, 0.15) is 12.4 Å². The third-order valence-corrected chi connectivity index (χ3v) is 1.27. The van der Waals surface area contributed by atoms with Crippen molar-refractivity contribution in [1.82, 2.24) is 0 Å². The van der Waals surface area contributed by atoms with Crippen LogP contribution >= 0.6 is 0 Å². The van der Waals surface area contributed by atoms with Crippen LogP contribution in [0.3, 0.4) is 0 Å². The van der Waals surface area contributed by atoms with Crippen molar-refractivity contribution in [3.8, 4) is 0 Å². The summed E-state index contributed by atoms with van der Waals surface area (Å²) in [6.07, 6.45) is 2.30. The molecular formula is C8H12O3. The highest BCUT2D eigenvalue weighted by atomic mass is 16.5. The van der Waals surface area contributed by atoms with Crippen LogP contribution in [0.25, 0.3) is 0 Å². The zero-order chi connectivity index (χ0) is 7.94. The van der Waals surface area contributed by atoms with Crippen LogP contribution in [-0.4, -0.2) is 18.3 Å². The summed E-state index contributed by atoms with van der Waals surface area (Å²) in [4.78, 5) is 0. The minimum Gasteiger partial charge on any atom is -0.467 e. The van der Waals surface area contributed by atoms with E-state index in [4.69, 9.17) is 14.3 Å². The molecule has 0 atom stereocenters. The summed E-state index contributed by atoms with van der Waals surface area (Å²) in [6.45, 7) is 1.25. The summed E-state index contributed by atoms with van der Waals surface area (Å²) in [7, 11) is 0. The third-order valence-electron chi connectivity index (χ3n) is 1.27. The quantitative estimate of drug-likeness (QED) is 0.651. The van der Waals surface area contributed by atoms with Gasteiger partial charge < -0.3 is 14.3 Å². The van der Waals surface area contributed by atoms with Gasteiger partial charge in [-0.1, -0.05) is 0 Å². The van der Waals surface area contributed by atoms with E-state index >= 15 is 0 Å². The number of aliphatic hydroxyl groups is 1. The molecule has 1 N–H and O–H groups in total. The van der Waals surface area contributed by atoms with Gasteiger partial charge in [0.25, 0.3) is 0 Å². The van der Waals surface area contributed by atoms with Crippen molar-refractivity contribution in [2.75, 3.05) is 13.2 Å². The summed E-state index contributed by atoms with van der Waals surface area (Å²) in [5, 5.41) is 8.42. The first kappa shape index (κ1) is 8.30. The van der Waals surface area contributed by atoms with Crippen LogP contribution in [0.1, 0.15) is 12.2 Å². The molecule has 0 saturated carbocycles. The topological polar surface area (TPSA) is 42.6 Å². The second-order valence-corrected chi connectivity index (χ2v) is 2.21. The maximum Gasteiger partial charge on any atom is 0.129 e. The van der Waals surface area contributed by atoms with Gasteiger partial charge in [-0.25, -0.2) is 0 Å². The van der Waals surface area contributed by atoms with Crippen molar-refractivity contribution in [2.24, 2.45) is 0 Å². The predicted molar refractivity (Wildman–Crippen MR) is 40.1 cm³/mol. The van der Waals surface area contributed by atoms with Crippen LogP contribution in [0.5, 0.6) is 0 Å². The minimum absolute atomic E-state index is 0.179. The van der Waals surface area contributed by atoms with Gasteiger partial charge in [0, 0.05) is 13.2 Å². The highest BCUT2D eigenvalue weighted by Gasteiger charge is 1.93. The van der Waals surface area contributed by atoms with Gasteiger partial charge in [-0.15, -0.1) is 0 Å². The molecule has 62 valence electrons. The van der Waals surface area contributed by atoms with Crippen LogP contribution < -0.4 is 0 Å². The summed E-state index contributed by atoms with van der Waals surface area (Å²) in [5.74, 6) is 0.822. The molecule has 0 saturated heterocycles. The van der Waals surface area contributed by atoms with E-state index in [1.54, 1.807) is 6.26 Å². The molecule has 0 aromatic carbocycles. The van der Waals surface area contributed by atoms with E-state index in [1.165, 1.54) is 0 Å². The van der Waals surface area contributed by atoms with Crippen molar-refractivity contribution >= 4 is 0 Å². The van der Waals surface area contributed by atoms with Gasteiger partial charge in [-0.2, -0.15) is 0 Å². The molecule has 0 radical (unpaired) electrons. The van der Waals surface area contributed by atoms with E-state index in [-0.39, 0.29) is 6.61 Å². The molecule has 1 aromatic heterocycles. The molecule has 0 aliphatic carbocycles. The molecule has 3 heteroatoms. The molecule has 0 bridgehead atoms. The van der Waals surface area contributed by atoms with E-state index in [0.29, 0.717) is 19.6 Å². The monoisotopic (exact) mass is 156 g/mol. The Morgan fingerprint density at radius 3 is 3.09 bits per heavy atom. The summed E-state index contributed by atoms with van der Waals surface area (Å²) in [6, 6.07) is 3.68.